The van der Waals surface area contributed by atoms with Gasteiger partial charge < -0.3 is 0 Å². The number of hydrogen-bond donors (Lipinski definition) is 0. The Labute approximate surface area is 298 Å². The van der Waals surface area contributed by atoms with E-state index in [1.54, 1.807) is 0 Å². The third-order valence-electron chi connectivity index (χ3n) is 9.17. The van der Waals surface area contributed by atoms with Gasteiger partial charge in [0, 0.05) is 69.5 Å². The van der Waals surface area contributed by atoms with Crippen molar-refractivity contribution in [3.63, 3.8) is 0 Å². The predicted molar refractivity (Wildman–Crippen MR) is 200 cm³/mol. The summed E-state index contributed by atoms with van der Waals surface area (Å²) in [5.41, 5.74) is 13.5. The molecule has 6 heterocycles. The van der Waals surface area contributed by atoms with Crippen molar-refractivity contribution in [2.45, 2.75) is 41.5 Å². The van der Waals surface area contributed by atoms with E-state index in [2.05, 4.69) is 108 Å². The molecule has 0 aliphatic carbocycles. The van der Waals surface area contributed by atoms with E-state index in [4.69, 9.17) is 0 Å². The molecule has 0 bridgehead atoms. The maximum absolute atomic E-state index is 4.45. The van der Waals surface area contributed by atoms with E-state index in [0.29, 0.717) is 0 Å². The monoisotopic (exact) mass is 726 g/mol. The molecular formula is C42H36N6Ru+2. The Morgan fingerprint density at radius 1 is 0.245 bits per heavy atom. The molecule has 0 atom stereocenters. The van der Waals surface area contributed by atoms with Crippen molar-refractivity contribution >= 4 is 65.4 Å². The van der Waals surface area contributed by atoms with Crippen molar-refractivity contribution in [2.24, 2.45) is 0 Å². The maximum atomic E-state index is 4.45. The fourth-order valence-corrected chi connectivity index (χ4v) is 6.31. The molecule has 0 saturated heterocycles. The quantitative estimate of drug-likeness (QED) is 0.114. The van der Waals surface area contributed by atoms with Crippen LogP contribution in [-0.4, -0.2) is 29.9 Å². The van der Waals surface area contributed by atoms with E-state index in [-0.39, 0.29) is 19.5 Å². The number of nitrogens with zero attached hydrogens (tertiary/aromatic N) is 6. The minimum Gasteiger partial charge on any atom is -0.254 e. The van der Waals surface area contributed by atoms with Gasteiger partial charge in [-0.3, -0.25) is 29.9 Å². The smallest absolute Gasteiger partial charge is 0.254 e. The van der Waals surface area contributed by atoms with Gasteiger partial charge in [-0.05, 0) is 111 Å². The molecule has 0 N–H and O–H groups in total. The second-order valence-corrected chi connectivity index (χ2v) is 12.3. The van der Waals surface area contributed by atoms with Crippen LogP contribution in [0.3, 0.4) is 0 Å². The van der Waals surface area contributed by atoms with E-state index in [1.165, 1.54) is 65.7 Å². The molecule has 3 aromatic carbocycles. The van der Waals surface area contributed by atoms with Crippen LogP contribution in [0.4, 0.5) is 0 Å². The molecule has 0 fully saturated rings. The average molecular weight is 726 g/mol. The Morgan fingerprint density at radius 2 is 0.388 bits per heavy atom. The first-order chi connectivity index (χ1) is 23.3. The van der Waals surface area contributed by atoms with Crippen LogP contribution >= 0.6 is 0 Å². The van der Waals surface area contributed by atoms with Crippen molar-refractivity contribution in [1.29, 1.82) is 0 Å². The van der Waals surface area contributed by atoms with Gasteiger partial charge in [-0.25, -0.2) is 0 Å². The van der Waals surface area contributed by atoms with Crippen molar-refractivity contribution < 1.29 is 19.5 Å². The molecule has 7 heteroatoms. The Kier molecular flexibility index (Phi) is 9.66. The van der Waals surface area contributed by atoms with Crippen LogP contribution in [0.15, 0.2) is 110 Å². The van der Waals surface area contributed by atoms with Gasteiger partial charge in [-0.15, -0.1) is 0 Å². The summed E-state index contributed by atoms with van der Waals surface area (Å²) in [5, 5.41) is 7.13. The molecule has 0 aliphatic heterocycles. The van der Waals surface area contributed by atoms with Crippen LogP contribution in [0.1, 0.15) is 33.4 Å². The number of hydrogen-bond acceptors (Lipinski definition) is 6. The molecule has 0 radical (unpaired) electrons. The van der Waals surface area contributed by atoms with Crippen LogP contribution in [0.25, 0.3) is 65.4 Å². The van der Waals surface area contributed by atoms with Crippen LogP contribution in [0.5, 0.6) is 0 Å². The van der Waals surface area contributed by atoms with Gasteiger partial charge in [0.25, 0.3) is 0 Å². The first-order valence-corrected chi connectivity index (χ1v) is 16.1. The van der Waals surface area contributed by atoms with Crippen LogP contribution in [-0.2, 0) is 19.5 Å². The average Bonchev–Trinajstić information content (AvgIpc) is 3.10. The van der Waals surface area contributed by atoms with Crippen LogP contribution in [0, 0.1) is 41.5 Å². The fraction of sp³-hybridized carbons (Fsp3) is 0.143. The SMILES string of the molecule is Cc1ccnc2c1ccc1c(C)ccnc12.Cc1ccnc2c1ccc1c(C)ccnc12.Cc1ccnc2c1ccc1c(C)ccnc12.[Ru+2]. The van der Waals surface area contributed by atoms with Crippen molar-refractivity contribution in [1.82, 2.24) is 29.9 Å². The number of benzene rings is 3. The third-order valence-corrected chi connectivity index (χ3v) is 9.17. The minimum atomic E-state index is 0. The van der Waals surface area contributed by atoms with Gasteiger partial charge in [-0.1, -0.05) is 36.4 Å². The zero-order chi connectivity index (χ0) is 33.4. The van der Waals surface area contributed by atoms with E-state index < -0.39 is 0 Å². The molecule has 9 aromatic rings. The van der Waals surface area contributed by atoms with Gasteiger partial charge in [0.2, 0.25) is 0 Å². The molecule has 6 nitrogen and oxygen atoms in total. The van der Waals surface area contributed by atoms with Gasteiger partial charge in [0.1, 0.15) is 0 Å². The predicted octanol–water partition coefficient (Wildman–Crippen LogP) is 10.2. The fourth-order valence-electron chi connectivity index (χ4n) is 6.31. The largest absolute Gasteiger partial charge is 2.00 e. The molecule has 0 aliphatic rings. The van der Waals surface area contributed by atoms with Gasteiger partial charge in [0.05, 0.1) is 33.1 Å². The number of aromatic nitrogens is 6. The minimum absolute atomic E-state index is 0. The number of aryl methyl sites for hydroxylation is 6. The van der Waals surface area contributed by atoms with E-state index >= 15 is 0 Å². The van der Waals surface area contributed by atoms with Crippen molar-refractivity contribution in [2.75, 3.05) is 0 Å². The first-order valence-electron chi connectivity index (χ1n) is 16.1. The van der Waals surface area contributed by atoms with Crippen LogP contribution < -0.4 is 0 Å². The molecule has 0 saturated carbocycles. The molecule has 0 amide bonds. The van der Waals surface area contributed by atoms with Crippen LogP contribution in [0.2, 0.25) is 0 Å². The number of fused-ring (bicyclic) bond motifs is 9. The van der Waals surface area contributed by atoms with E-state index in [0.717, 1.165) is 33.1 Å². The van der Waals surface area contributed by atoms with Gasteiger partial charge in [-0.2, -0.15) is 0 Å². The summed E-state index contributed by atoms with van der Waals surface area (Å²) in [6.45, 7) is 12.6. The Balaban J connectivity index is 0.000000126. The third kappa shape index (κ3) is 6.35. The number of pyridine rings is 6. The summed E-state index contributed by atoms with van der Waals surface area (Å²) in [6, 6.07) is 25.0. The molecule has 240 valence electrons. The Bertz CT molecular complexity index is 2180. The summed E-state index contributed by atoms with van der Waals surface area (Å²) in [4.78, 5) is 26.7. The maximum Gasteiger partial charge on any atom is 2.00 e. The van der Waals surface area contributed by atoms with Crippen molar-refractivity contribution in [3.05, 3.63) is 143 Å². The summed E-state index contributed by atoms with van der Waals surface area (Å²) in [5.74, 6) is 0. The molecule has 6 aromatic heterocycles. The molecule has 0 unspecified atom stereocenters. The summed E-state index contributed by atoms with van der Waals surface area (Å²) in [7, 11) is 0. The van der Waals surface area contributed by atoms with E-state index in [9.17, 15) is 0 Å². The molecule has 0 spiro atoms. The van der Waals surface area contributed by atoms with E-state index in [1.807, 2.05) is 73.6 Å². The van der Waals surface area contributed by atoms with Crippen molar-refractivity contribution in [3.8, 4) is 0 Å². The summed E-state index contributed by atoms with van der Waals surface area (Å²) >= 11 is 0. The molecule has 9 rings (SSSR count). The standard InChI is InChI=1S/3C14H12N2.Ru/c3*1-9-5-7-15-13-11(9)3-4-12-10(2)6-8-16-14(12)13;/h3*3-8H,1-2H3;/q;;;+2. The Morgan fingerprint density at radius 3 is 0.531 bits per heavy atom. The normalized spacial score (nSPS) is 10.9. The number of rotatable bonds is 0. The molecule has 49 heavy (non-hydrogen) atoms. The summed E-state index contributed by atoms with van der Waals surface area (Å²) < 4.78 is 0. The zero-order valence-electron chi connectivity index (χ0n) is 28.4. The molecular weight excluding hydrogens is 690 g/mol. The Hall–Kier alpha value is -5.26. The second-order valence-electron chi connectivity index (χ2n) is 12.3. The summed E-state index contributed by atoms with van der Waals surface area (Å²) in [6.07, 6.45) is 11.1. The first kappa shape index (κ1) is 33.6. The van der Waals surface area contributed by atoms with Gasteiger partial charge >= 0.3 is 19.5 Å². The topological polar surface area (TPSA) is 77.3 Å². The van der Waals surface area contributed by atoms with Gasteiger partial charge in [0.15, 0.2) is 0 Å². The second kappa shape index (κ2) is 14.1. The zero-order valence-corrected chi connectivity index (χ0v) is 30.2.